The molecule has 0 amide bonds. The Morgan fingerprint density at radius 1 is 0.718 bits per heavy atom. The van der Waals surface area contributed by atoms with E-state index in [9.17, 15) is 0 Å². The van der Waals surface area contributed by atoms with Crippen molar-refractivity contribution in [2.24, 2.45) is 23.7 Å². The van der Waals surface area contributed by atoms with Crippen LogP contribution < -0.4 is 24.8 Å². The number of allylic oxidation sites excluding steroid dienone is 4. The van der Waals surface area contributed by atoms with E-state index in [1.807, 2.05) is 16.0 Å². The first kappa shape index (κ1) is 32.5. The molecule has 3 aromatic carbocycles. The molecule has 5 aliphatic rings. The fraction of sp³-hybridized carbons (Fsp3) is 0.500. The Morgan fingerprint density at radius 2 is 1.18 bits per heavy atom. The number of benzene rings is 2. The molecule has 0 unspecified atom stereocenters. The van der Waals surface area contributed by atoms with Crippen LogP contribution >= 0.6 is 0 Å². The molecule has 0 heterocycles. The number of fused-ring (bicyclic) bond motifs is 3. The van der Waals surface area contributed by atoms with Gasteiger partial charge in [0.15, 0.2) is 0 Å². The first-order valence-corrected chi connectivity index (χ1v) is 15.2. The third-order valence-corrected chi connectivity index (χ3v) is 10.3. The van der Waals surface area contributed by atoms with Crippen LogP contribution in [-0.4, -0.2) is 3.81 Å². The predicted octanol–water partition coefficient (Wildman–Crippen LogP) is 3.78. The van der Waals surface area contributed by atoms with Gasteiger partial charge < -0.3 is 24.8 Å². The molecule has 39 heavy (non-hydrogen) atoms. The van der Waals surface area contributed by atoms with Gasteiger partial charge in [0, 0.05) is 0 Å². The minimum atomic E-state index is 0. The van der Waals surface area contributed by atoms with Crippen molar-refractivity contribution in [2.75, 3.05) is 0 Å². The Balaban J connectivity index is 0.000000194. The molecule has 8 rings (SSSR count). The molecule has 0 aromatic heterocycles. The van der Waals surface area contributed by atoms with Crippen LogP contribution in [0, 0.1) is 29.7 Å². The molecule has 4 saturated carbocycles. The molecular formula is C36H44Cl2Ti-2. The van der Waals surface area contributed by atoms with Crippen LogP contribution in [0.1, 0.15) is 91.2 Å². The van der Waals surface area contributed by atoms with E-state index < -0.39 is 0 Å². The standard InChI is InChI=1S/C21H25.C10H14.C5H5.2ClH.Ti/c1-20(2,3)16-9-7-14-11-15-8-10-17(21(4,5)6)13-19(15)18(14)12-16;1-7-2-9-4-8(1)5-10(3-7)6-9;1-2-4-5-3-1;;;/h7-13H,1-6H3;7-10H,1-5H2;1-3H,4H2;2*1H;/q-1;;-1;;;+2/p-2. The van der Waals surface area contributed by atoms with Gasteiger partial charge in [-0.25, -0.2) is 12.2 Å². The topological polar surface area (TPSA) is 0 Å². The molecule has 0 aliphatic heterocycles. The van der Waals surface area contributed by atoms with E-state index in [1.165, 1.54) is 32.7 Å². The van der Waals surface area contributed by atoms with Crippen LogP contribution in [0.4, 0.5) is 0 Å². The third-order valence-electron chi connectivity index (χ3n) is 9.04. The van der Waals surface area contributed by atoms with Crippen LogP contribution in [0.25, 0.3) is 21.5 Å². The zero-order valence-corrected chi connectivity index (χ0v) is 27.7. The molecule has 0 nitrogen and oxygen atoms in total. The van der Waals surface area contributed by atoms with E-state index in [2.05, 4.69) is 116 Å². The molecule has 3 heteroatoms. The maximum atomic E-state index is 2.99. The summed E-state index contributed by atoms with van der Waals surface area (Å²) in [5.74, 6) is 4.40. The van der Waals surface area contributed by atoms with Crippen LogP contribution in [0.5, 0.6) is 0 Å². The maximum absolute atomic E-state index is 2.99. The van der Waals surface area contributed by atoms with Gasteiger partial charge in [-0.1, -0.05) is 76.9 Å². The summed E-state index contributed by atoms with van der Waals surface area (Å²) in [7, 11) is 0. The first-order chi connectivity index (χ1) is 17.5. The second-order valence-corrected chi connectivity index (χ2v) is 14.9. The van der Waals surface area contributed by atoms with E-state index in [-0.39, 0.29) is 35.6 Å². The molecule has 3 aromatic rings. The molecule has 5 aliphatic carbocycles. The van der Waals surface area contributed by atoms with Crippen LogP contribution in [0.2, 0.25) is 0 Å². The first-order valence-electron chi connectivity index (χ1n) is 14.4. The van der Waals surface area contributed by atoms with Gasteiger partial charge in [-0.05, 0) is 10.8 Å². The Morgan fingerprint density at radius 3 is 1.51 bits per heavy atom. The van der Waals surface area contributed by atoms with Crippen LogP contribution in [-0.2, 0) is 30.8 Å². The summed E-state index contributed by atoms with van der Waals surface area (Å²) in [6, 6.07) is 16.1. The van der Waals surface area contributed by atoms with Crippen LogP contribution in [0.15, 0.2) is 60.7 Å². The fourth-order valence-corrected chi connectivity index (χ4v) is 7.70. The zero-order valence-electron chi connectivity index (χ0n) is 24.6. The Kier molecular flexibility index (Phi) is 10.7. The Labute approximate surface area is 261 Å². The van der Waals surface area contributed by atoms with Crippen molar-refractivity contribution in [1.82, 2.24) is 0 Å². The SMILES string of the molecule is CC(C)(C)c1ccc2[cH-]c3ccc(C(C)(C)C)cc3c2c1.[C-]1=CC=CC1.[Cl-].[Cl-].[Ti+2]=[C]1C2CC3CC(C2)CC1C3. The zero-order chi connectivity index (χ0) is 26.4. The molecule has 0 spiro atoms. The van der Waals surface area contributed by atoms with Crippen molar-refractivity contribution in [2.45, 2.75) is 90.9 Å². The second kappa shape index (κ2) is 12.9. The summed E-state index contributed by atoms with van der Waals surface area (Å²) in [6.07, 6.45) is 17.8. The van der Waals surface area contributed by atoms with Crippen molar-refractivity contribution >= 4 is 25.4 Å². The third kappa shape index (κ3) is 7.43. The van der Waals surface area contributed by atoms with Gasteiger partial charge >= 0.3 is 79.6 Å². The van der Waals surface area contributed by atoms with Gasteiger partial charge in [-0.15, -0.1) is 46.2 Å². The molecule has 4 fully saturated rings. The minimum absolute atomic E-state index is 0. The van der Waals surface area contributed by atoms with Crippen LogP contribution in [0.3, 0.4) is 0 Å². The van der Waals surface area contributed by atoms with E-state index in [1.54, 1.807) is 32.1 Å². The molecule has 208 valence electrons. The Hall–Kier alpha value is -1.05. The summed E-state index contributed by atoms with van der Waals surface area (Å²) in [4.78, 5) is 0. The monoisotopic (exact) mass is 594 g/mol. The average molecular weight is 596 g/mol. The average Bonchev–Trinajstić information content (AvgIpc) is 3.52. The quantitative estimate of drug-likeness (QED) is 0.274. The van der Waals surface area contributed by atoms with Crippen molar-refractivity contribution in [1.29, 1.82) is 0 Å². The molecule has 0 atom stereocenters. The van der Waals surface area contributed by atoms with Crippen molar-refractivity contribution in [3.8, 4) is 0 Å². The van der Waals surface area contributed by atoms with E-state index >= 15 is 0 Å². The summed E-state index contributed by atoms with van der Waals surface area (Å²) in [6.45, 7) is 13.7. The number of hydrogen-bond donors (Lipinski definition) is 0. The van der Waals surface area contributed by atoms with Gasteiger partial charge in [0.2, 0.25) is 0 Å². The second-order valence-electron chi connectivity index (χ2n) is 14.0. The predicted molar refractivity (Wildman–Crippen MR) is 158 cm³/mol. The number of hydrogen-bond acceptors (Lipinski definition) is 0. The summed E-state index contributed by atoms with van der Waals surface area (Å²) in [5, 5.41) is 5.49. The van der Waals surface area contributed by atoms with Gasteiger partial charge in [0.25, 0.3) is 0 Å². The van der Waals surface area contributed by atoms with E-state index in [4.69, 9.17) is 0 Å². The number of rotatable bonds is 0. The Bertz CT molecular complexity index is 1230. The molecule has 0 saturated heterocycles. The summed E-state index contributed by atoms with van der Waals surface area (Å²) < 4.78 is 1.87. The fourth-order valence-electron chi connectivity index (χ4n) is 6.96. The summed E-state index contributed by atoms with van der Waals surface area (Å²) >= 11 is 2.42. The van der Waals surface area contributed by atoms with Crippen molar-refractivity contribution in [3.63, 3.8) is 0 Å². The molecule has 0 N–H and O–H groups in total. The van der Waals surface area contributed by atoms with E-state index in [0.717, 1.165) is 30.1 Å². The van der Waals surface area contributed by atoms with E-state index in [0.29, 0.717) is 0 Å². The molecular weight excluding hydrogens is 551 g/mol. The van der Waals surface area contributed by atoms with Gasteiger partial charge in [0.1, 0.15) is 0 Å². The molecule has 4 bridgehead atoms. The normalized spacial score (nSPS) is 24.6. The number of halogens is 2. The van der Waals surface area contributed by atoms with Gasteiger partial charge in [-0.3, -0.25) is 6.08 Å². The molecule has 0 radical (unpaired) electrons. The summed E-state index contributed by atoms with van der Waals surface area (Å²) in [5.41, 5.74) is 3.20. The van der Waals surface area contributed by atoms with Crippen molar-refractivity contribution in [3.05, 3.63) is 77.9 Å². The van der Waals surface area contributed by atoms with Gasteiger partial charge in [-0.2, -0.15) is 6.08 Å². The van der Waals surface area contributed by atoms with Crippen molar-refractivity contribution < 1.29 is 44.8 Å². The van der Waals surface area contributed by atoms with Gasteiger partial charge in [0.05, 0.1) is 0 Å².